The van der Waals surface area contributed by atoms with Crippen molar-refractivity contribution in [2.75, 3.05) is 29.7 Å². The van der Waals surface area contributed by atoms with Crippen molar-refractivity contribution in [3.8, 4) is 0 Å². The predicted molar refractivity (Wildman–Crippen MR) is 88.6 cm³/mol. The first-order chi connectivity index (χ1) is 10.1. The van der Waals surface area contributed by atoms with Crippen molar-refractivity contribution < 1.29 is 9.90 Å². The number of carbonyl (C=O) groups is 1. The van der Waals surface area contributed by atoms with E-state index in [2.05, 4.69) is 17.0 Å². The fourth-order valence-electron chi connectivity index (χ4n) is 2.10. The van der Waals surface area contributed by atoms with E-state index in [0.717, 1.165) is 31.6 Å². The van der Waals surface area contributed by atoms with E-state index in [-0.39, 0.29) is 0 Å². The molecule has 3 N–H and O–H groups in total. The molecule has 1 unspecified atom stereocenters. The Kier molecular flexibility index (Phi) is 8.50. The highest BCUT2D eigenvalue weighted by molar-refractivity contribution is 6.18. The Hall–Kier alpha value is -0.970. The molecular weight excluding hydrogens is 311 g/mol. The molecule has 0 saturated heterocycles. The number of anilines is 1. The molecule has 4 nitrogen and oxygen atoms in total. The van der Waals surface area contributed by atoms with Gasteiger partial charge in [-0.1, -0.05) is 12.1 Å². The smallest absolute Gasteiger partial charge is 0.320 e. The lowest BCUT2D eigenvalue weighted by Crippen LogP contribution is -2.29. The van der Waals surface area contributed by atoms with Gasteiger partial charge in [0.05, 0.1) is 0 Å². The lowest BCUT2D eigenvalue weighted by atomic mass is 10.0. The topological polar surface area (TPSA) is 66.6 Å². The number of halogens is 2. The van der Waals surface area contributed by atoms with Crippen LogP contribution in [0.2, 0.25) is 0 Å². The summed E-state index contributed by atoms with van der Waals surface area (Å²) in [5.74, 6) is 0.181. The zero-order valence-electron chi connectivity index (χ0n) is 12.0. The molecule has 0 radical (unpaired) electrons. The minimum absolute atomic E-state index is 0.488. The molecule has 0 saturated carbocycles. The molecular formula is C15H22Cl2N2O2. The predicted octanol–water partition coefficient (Wildman–Crippen LogP) is 2.71. The highest BCUT2D eigenvalue weighted by atomic mass is 35.5. The maximum Gasteiger partial charge on any atom is 0.320 e. The Bertz CT molecular complexity index is 420. The van der Waals surface area contributed by atoms with Gasteiger partial charge in [0.25, 0.3) is 0 Å². The SMILES string of the molecule is NC(CCCc1ccc(N(CCCl)CCCl)cc1)C(=O)O. The first-order valence-electron chi connectivity index (χ1n) is 7.02. The van der Waals surface area contributed by atoms with Crippen LogP contribution in [-0.2, 0) is 11.2 Å². The van der Waals surface area contributed by atoms with Crippen LogP contribution in [0.15, 0.2) is 24.3 Å². The molecule has 0 bridgehead atoms. The fraction of sp³-hybridized carbons (Fsp3) is 0.533. The van der Waals surface area contributed by atoms with Gasteiger partial charge in [0.1, 0.15) is 6.04 Å². The summed E-state index contributed by atoms with van der Waals surface area (Å²) in [5.41, 5.74) is 7.75. The molecule has 0 aliphatic heterocycles. The zero-order valence-corrected chi connectivity index (χ0v) is 13.5. The van der Waals surface area contributed by atoms with E-state index in [1.807, 2.05) is 12.1 Å². The molecule has 1 aromatic carbocycles. The number of aliphatic carboxylic acids is 1. The largest absolute Gasteiger partial charge is 0.480 e. The van der Waals surface area contributed by atoms with E-state index < -0.39 is 12.0 Å². The fourth-order valence-corrected chi connectivity index (χ4v) is 2.51. The van der Waals surface area contributed by atoms with Crippen LogP contribution in [0.1, 0.15) is 18.4 Å². The number of alkyl halides is 2. The highest BCUT2D eigenvalue weighted by Crippen LogP contribution is 2.17. The van der Waals surface area contributed by atoms with Gasteiger partial charge in [0, 0.05) is 30.5 Å². The minimum atomic E-state index is -0.942. The molecule has 0 aliphatic carbocycles. The lowest BCUT2D eigenvalue weighted by molar-refractivity contribution is -0.138. The van der Waals surface area contributed by atoms with Gasteiger partial charge in [-0.15, -0.1) is 23.2 Å². The molecule has 1 atom stereocenters. The summed E-state index contributed by atoms with van der Waals surface area (Å²) in [6.45, 7) is 1.53. The molecule has 1 rings (SSSR count). The second-order valence-corrected chi connectivity index (χ2v) is 5.62. The molecule has 1 aromatic rings. The van der Waals surface area contributed by atoms with Gasteiger partial charge in [-0.05, 0) is 37.0 Å². The lowest BCUT2D eigenvalue weighted by Gasteiger charge is -2.23. The number of hydrogen-bond acceptors (Lipinski definition) is 3. The minimum Gasteiger partial charge on any atom is -0.480 e. The molecule has 6 heteroatoms. The number of hydrogen-bond donors (Lipinski definition) is 2. The molecule has 118 valence electrons. The number of carboxylic acids is 1. The van der Waals surface area contributed by atoms with Gasteiger partial charge in [-0.3, -0.25) is 4.79 Å². The average Bonchev–Trinajstić information content (AvgIpc) is 2.47. The quantitative estimate of drug-likeness (QED) is 0.646. The van der Waals surface area contributed by atoms with E-state index in [1.54, 1.807) is 0 Å². The molecule has 0 aromatic heterocycles. The van der Waals surface area contributed by atoms with E-state index >= 15 is 0 Å². The Morgan fingerprint density at radius 3 is 2.24 bits per heavy atom. The van der Waals surface area contributed by atoms with Crippen LogP contribution in [0.4, 0.5) is 5.69 Å². The molecule has 21 heavy (non-hydrogen) atoms. The van der Waals surface area contributed by atoms with Crippen molar-refractivity contribution in [3.63, 3.8) is 0 Å². The van der Waals surface area contributed by atoms with E-state index in [1.165, 1.54) is 5.56 Å². The molecule has 0 heterocycles. The van der Waals surface area contributed by atoms with Gasteiger partial charge in [-0.2, -0.15) is 0 Å². The van der Waals surface area contributed by atoms with Crippen molar-refractivity contribution >= 4 is 34.9 Å². The van der Waals surface area contributed by atoms with Crippen LogP contribution in [0.25, 0.3) is 0 Å². The second kappa shape index (κ2) is 9.87. The second-order valence-electron chi connectivity index (χ2n) is 4.87. The molecule has 0 amide bonds. The Morgan fingerprint density at radius 1 is 1.19 bits per heavy atom. The monoisotopic (exact) mass is 332 g/mol. The normalized spacial score (nSPS) is 12.1. The summed E-state index contributed by atoms with van der Waals surface area (Å²) in [4.78, 5) is 12.8. The first kappa shape index (κ1) is 18.1. The van der Waals surface area contributed by atoms with Crippen LogP contribution in [0, 0.1) is 0 Å². The van der Waals surface area contributed by atoms with Crippen molar-refractivity contribution in [1.82, 2.24) is 0 Å². The Labute approximate surface area is 135 Å². The standard InChI is InChI=1S/C15H22Cl2N2O2/c16-8-10-19(11-9-17)13-6-4-12(5-7-13)2-1-3-14(18)15(20)21/h4-7,14H,1-3,8-11,18H2,(H,20,21). The summed E-state index contributed by atoms with van der Waals surface area (Å²) in [6.07, 6.45) is 2.08. The molecule has 0 aliphatic rings. The van der Waals surface area contributed by atoms with Crippen LogP contribution in [0.5, 0.6) is 0 Å². The van der Waals surface area contributed by atoms with Gasteiger partial charge in [0.15, 0.2) is 0 Å². The summed E-state index contributed by atoms with van der Waals surface area (Å²) in [7, 11) is 0. The van der Waals surface area contributed by atoms with Crippen molar-refractivity contribution in [2.45, 2.75) is 25.3 Å². The van der Waals surface area contributed by atoms with E-state index in [0.29, 0.717) is 18.2 Å². The van der Waals surface area contributed by atoms with Crippen molar-refractivity contribution in [2.24, 2.45) is 5.73 Å². The third kappa shape index (κ3) is 6.55. The number of nitrogens with two attached hydrogens (primary N) is 1. The van der Waals surface area contributed by atoms with E-state index in [4.69, 9.17) is 34.0 Å². The first-order valence-corrected chi connectivity index (χ1v) is 8.09. The van der Waals surface area contributed by atoms with Crippen molar-refractivity contribution in [1.29, 1.82) is 0 Å². The third-order valence-electron chi connectivity index (χ3n) is 3.31. The Morgan fingerprint density at radius 2 is 1.76 bits per heavy atom. The summed E-state index contributed by atoms with van der Waals surface area (Å²) < 4.78 is 0. The Balaban J connectivity index is 2.51. The maximum absolute atomic E-state index is 10.6. The van der Waals surface area contributed by atoms with Crippen LogP contribution in [0.3, 0.4) is 0 Å². The van der Waals surface area contributed by atoms with Crippen LogP contribution < -0.4 is 10.6 Å². The summed E-state index contributed by atoms with van der Waals surface area (Å²) in [5, 5.41) is 8.73. The zero-order chi connectivity index (χ0) is 15.7. The van der Waals surface area contributed by atoms with Crippen LogP contribution >= 0.6 is 23.2 Å². The summed E-state index contributed by atoms with van der Waals surface area (Å²) in [6, 6.07) is 7.43. The maximum atomic E-state index is 10.6. The van der Waals surface area contributed by atoms with Crippen LogP contribution in [-0.4, -0.2) is 42.0 Å². The average molecular weight is 333 g/mol. The van der Waals surface area contributed by atoms with E-state index in [9.17, 15) is 4.79 Å². The molecule has 0 spiro atoms. The number of benzene rings is 1. The van der Waals surface area contributed by atoms with Gasteiger partial charge in [-0.25, -0.2) is 0 Å². The highest BCUT2D eigenvalue weighted by Gasteiger charge is 2.10. The number of rotatable bonds is 10. The summed E-state index contributed by atoms with van der Waals surface area (Å²) >= 11 is 11.6. The van der Waals surface area contributed by atoms with Gasteiger partial charge < -0.3 is 15.7 Å². The van der Waals surface area contributed by atoms with Crippen molar-refractivity contribution in [3.05, 3.63) is 29.8 Å². The van der Waals surface area contributed by atoms with Gasteiger partial charge >= 0.3 is 5.97 Å². The number of aryl methyl sites for hydroxylation is 1. The number of nitrogens with zero attached hydrogens (tertiary/aromatic N) is 1. The third-order valence-corrected chi connectivity index (χ3v) is 3.65. The van der Waals surface area contributed by atoms with Gasteiger partial charge in [0.2, 0.25) is 0 Å². The number of carboxylic acid groups (broad SMARTS) is 1. The molecule has 0 fully saturated rings.